The van der Waals surface area contributed by atoms with Gasteiger partial charge in [0.15, 0.2) is 6.29 Å². The molecule has 0 amide bonds. The van der Waals surface area contributed by atoms with Gasteiger partial charge in [0.05, 0.1) is 13.2 Å². The maximum Gasteiger partial charge on any atom is 0.186 e. The quantitative estimate of drug-likeness (QED) is 0.355. The highest BCUT2D eigenvalue weighted by Crippen LogP contribution is 2.21. The number of aliphatic hydroxyl groups excluding tert-OH is 4. The van der Waals surface area contributed by atoms with Gasteiger partial charge in [-0.25, -0.2) is 0 Å². The third kappa shape index (κ3) is 3.04. The van der Waals surface area contributed by atoms with E-state index in [1.807, 2.05) is 0 Å². The SMILES string of the molecule is OC[C@H]1O[C@@H](OCCS)[C@H](O)[C@@H](O)[C@@H]1O. The summed E-state index contributed by atoms with van der Waals surface area (Å²) in [6, 6.07) is 0. The van der Waals surface area contributed by atoms with Crippen LogP contribution in [0.5, 0.6) is 0 Å². The molecule has 6 nitrogen and oxygen atoms in total. The molecule has 0 aromatic carbocycles. The molecular weight excluding hydrogens is 224 g/mol. The number of aliphatic hydroxyl groups is 4. The van der Waals surface area contributed by atoms with Crippen molar-refractivity contribution in [2.45, 2.75) is 30.7 Å². The molecule has 0 aromatic rings. The monoisotopic (exact) mass is 240 g/mol. The second-order valence-electron chi connectivity index (χ2n) is 3.29. The molecule has 0 radical (unpaired) electrons. The molecule has 0 aliphatic carbocycles. The lowest BCUT2D eigenvalue weighted by Crippen LogP contribution is -2.59. The minimum atomic E-state index is -1.39. The van der Waals surface area contributed by atoms with Crippen LogP contribution in [0.25, 0.3) is 0 Å². The summed E-state index contributed by atoms with van der Waals surface area (Å²) >= 11 is 3.91. The van der Waals surface area contributed by atoms with Gasteiger partial charge in [-0.1, -0.05) is 0 Å². The first-order chi connectivity index (χ1) is 7.11. The van der Waals surface area contributed by atoms with Crippen LogP contribution >= 0.6 is 12.6 Å². The van der Waals surface area contributed by atoms with Crippen molar-refractivity contribution in [1.29, 1.82) is 0 Å². The average molecular weight is 240 g/mol. The molecule has 0 unspecified atom stereocenters. The van der Waals surface area contributed by atoms with Crippen molar-refractivity contribution in [3.8, 4) is 0 Å². The van der Waals surface area contributed by atoms with Crippen LogP contribution in [0.4, 0.5) is 0 Å². The molecule has 1 aliphatic heterocycles. The van der Waals surface area contributed by atoms with Crippen molar-refractivity contribution in [2.24, 2.45) is 0 Å². The Kier molecular flexibility index (Phi) is 5.27. The van der Waals surface area contributed by atoms with Crippen LogP contribution in [0.2, 0.25) is 0 Å². The van der Waals surface area contributed by atoms with Gasteiger partial charge in [0, 0.05) is 5.75 Å². The molecule has 1 heterocycles. The fraction of sp³-hybridized carbons (Fsp3) is 1.00. The van der Waals surface area contributed by atoms with Crippen LogP contribution in [-0.2, 0) is 9.47 Å². The van der Waals surface area contributed by atoms with Crippen molar-refractivity contribution >= 4 is 12.6 Å². The van der Waals surface area contributed by atoms with Gasteiger partial charge < -0.3 is 29.9 Å². The first kappa shape index (κ1) is 13.2. The minimum Gasteiger partial charge on any atom is -0.394 e. The van der Waals surface area contributed by atoms with E-state index in [1.54, 1.807) is 0 Å². The highest BCUT2D eigenvalue weighted by atomic mass is 32.1. The standard InChI is InChI=1S/C8H16O6S/c9-3-4-5(10)6(11)7(12)8(14-4)13-1-2-15/h4-12,15H,1-3H2/t4-,5-,6+,7-,8-/m1/s1. The zero-order chi connectivity index (χ0) is 11.4. The molecule has 4 N–H and O–H groups in total. The number of thiol groups is 1. The Morgan fingerprint density at radius 2 is 1.80 bits per heavy atom. The molecule has 15 heavy (non-hydrogen) atoms. The van der Waals surface area contributed by atoms with Crippen LogP contribution in [-0.4, -0.2) is 70.1 Å². The van der Waals surface area contributed by atoms with E-state index >= 15 is 0 Å². The number of hydrogen-bond donors (Lipinski definition) is 5. The summed E-state index contributed by atoms with van der Waals surface area (Å²) in [6.07, 6.45) is -6.04. The van der Waals surface area contributed by atoms with E-state index in [0.29, 0.717) is 5.75 Å². The number of ether oxygens (including phenoxy) is 2. The fourth-order valence-corrected chi connectivity index (χ4v) is 1.48. The van der Waals surface area contributed by atoms with Gasteiger partial charge in [0.2, 0.25) is 0 Å². The Morgan fingerprint density at radius 1 is 1.13 bits per heavy atom. The van der Waals surface area contributed by atoms with E-state index in [9.17, 15) is 15.3 Å². The molecule has 1 saturated heterocycles. The second kappa shape index (κ2) is 6.00. The van der Waals surface area contributed by atoms with Gasteiger partial charge in [-0.3, -0.25) is 0 Å². The van der Waals surface area contributed by atoms with Crippen molar-refractivity contribution in [3.05, 3.63) is 0 Å². The van der Waals surface area contributed by atoms with E-state index in [-0.39, 0.29) is 6.61 Å². The summed E-state index contributed by atoms with van der Waals surface area (Å²) in [5.74, 6) is 0.440. The summed E-state index contributed by atoms with van der Waals surface area (Å²) in [4.78, 5) is 0. The van der Waals surface area contributed by atoms with Gasteiger partial charge in [0.1, 0.15) is 24.4 Å². The molecule has 1 aliphatic rings. The predicted octanol–water partition coefficient (Wildman–Crippen LogP) is -2.27. The highest BCUT2D eigenvalue weighted by Gasteiger charge is 2.43. The molecule has 5 atom stereocenters. The number of hydrogen-bond acceptors (Lipinski definition) is 7. The largest absolute Gasteiger partial charge is 0.394 e. The molecule has 0 aromatic heterocycles. The van der Waals surface area contributed by atoms with Gasteiger partial charge in [-0.15, -0.1) is 0 Å². The van der Waals surface area contributed by atoms with Gasteiger partial charge in [-0.2, -0.15) is 12.6 Å². The maximum atomic E-state index is 9.48. The van der Waals surface area contributed by atoms with E-state index in [1.165, 1.54) is 0 Å². The molecule has 0 spiro atoms. The van der Waals surface area contributed by atoms with Crippen LogP contribution in [0.15, 0.2) is 0 Å². The molecular formula is C8H16O6S. The molecule has 90 valence electrons. The fourth-order valence-electron chi connectivity index (χ4n) is 1.37. The summed E-state index contributed by atoms with van der Waals surface area (Å²) in [7, 11) is 0. The van der Waals surface area contributed by atoms with Gasteiger partial charge >= 0.3 is 0 Å². The van der Waals surface area contributed by atoms with E-state index < -0.39 is 37.3 Å². The molecule has 7 heteroatoms. The van der Waals surface area contributed by atoms with Crippen molar-refractivity contribution in [2.75, 3.05) is 19.0 Å². The molecule has 0 saturated carbocycles. The van der Waals surface area contributed by atoms with Crippen molar-refractivity contribution < 1.29 is 29.9 Å². The third-order valence-electron chi connectivity index (χ3n) is 2.22. The van der Waals surface area contributed by atoms with Crippen LogP contribution < -0.4 is 0 Å². The van der Waals surface area contributed by atoms with Crippen LogP contribution in [0.3, 0.4) is 0 Å². The summed E-state index contributed by atoms with van der Waals surface area (Å²) in [5, 5.41) is 37.2. The number of rotatable bonds is 4. The topological polar surface area (TPSA) is 99.4 Å². The Hall–Kier alpha value is 0.110. The van der Waals surface area contributed by atoms with E-state index in [4.69, 9.17) is 14.6 Å². The third-order valence-corrected chi connectivity index (χ3v) is 2.40. The summed E-state index contributed by atoms with van der Waals surface area (Å²) in [6.45, 7) is -0.211. The first-order valence-corrected chi connectivity index (χ1v) is 5.28. The highest BCUT2D eigenvalue weighted by molar-refractivity contribution is 7.80. The predicted molar refractivity (Wildman–Crippen MR) is 53.6 cm³/mol. The minimum absolute atomic E-state index is 0.242. The lowest BCUT2D eigenvalue weighted by molar-refractivity contribution is -0.299. The Labute approximate surface area is 92.8 Å². The summed E-state index contributed by atoms with van der Waals surface area (Å²) < 4.78 is 10.1. The van der Waals surface area contributed by atoms with Crippen LogP contribution in [0.1, 0.15) is 0 Å². The zero-order valence-corrected chi connectivity index (χ0v) is 8.96. The van der Waals surface area contributed by atoms with Gasteiger partial charge in [-0.05, 0) is 0 Å². The normalized spacial score (nSPS) is 41.8. The van der Waals surface area contributed by atoms with Gasteiger partial charge in [0.25, 0.3) is 0 Å². The molecule has 1 fully saturated rings. The Balaban J connectivity index is 2.57. The van der Waals surface area contributed by atoms with E-state index in [2.05, 4.69) is 12.6 Å². The lowest BCUT2D eigenvalue weighted by Gasteiger charge is -2.39. The Morgan fingerprint density at radius 3 is 2.33 bits per heavy atom. The average Bonchev–Trinajstić information content (AvgIpc) is 2.25. The zero-order valence-electron chi connectivity index (χ0n) is 8.06. The smallest absolute Gasteiger partial charge is 0.186 e. The molecule has 0 bridgehead atoms. The first-order valence-electron chi connectivity index (χ1n) is 4.64. The van der Waals surface area contributed by atoms with Crippen LogP contribution in [0, 0.1) is 0 Å². The van der Waals surface area contributed by atoms with Crippen molar-refractivity contribution in [3.63, 3.8) is 0 Å². The lowest BCUT2D eigenvalue weighted by atomic mass is 9.99. The summed E-state index contributed by atoms with van der Waals surface area (Å²) in [5.41, 5.74) is 0. The maximum absolute atomic E-state index is 9.48. The van der Waals surface area contributed by atoms with Crippen molar-refractivity contribution in [1.82, 2.24) is 0 Å². The van der Waals surface area contributed by atoms with E-state index in [0.717, 1.165) is 0 Å². The second-order valence-corrected chi connectivity index (χ2v) is 3.74. The molecule has 1 rings (SSSR count). The Bertz CT molecular complexity index is 190.